The molecule has 0 aliphatic rings. The summed E-state index contributed by atoms with van der Waals surface area (Å²) in [4.78, 5) is 14.5. The van der Waals surface area contributed by atoms with Crippen LogP contribution in [0.15, 0.2) is 18.5 Å². The molecule has 0 aliphatic heterocycles. The summed E-state index contributed by atoms with van der Waals surface area (Å²) >= 11 is 11.8. The summed E-state index contributed by atoms with van der Waals surface area (Å²) in [5.41, 5.74) is 0.751. The lowest BCUT2D eigenvalue weighted by Gasteiger charge is -2.00. The topological polar surface area (TPSA) is 42.0 Å². The Hall–Kier alpha value is -1.06. The molecule has 1 amide bonds. The quantitative estimate of drug-likeness (QED) is 0.844. The van der Waals surface area contributed by atoms with E-state index in [0.717, 1.165) is 12.0 Å². The summed E-state index contributed by atoms with van der Waals surface area (Å²) in [6.45, 7) is 2.09. The summed E-state index contributed by atoms with van der Waals surface area (Å²) in [5, 5.41) is 3.73. The van der Waals surface area contributed by atoms with Crippen molar-refractivity contribution in [1.82, 2.24) is 10.3 Å². The van der Waals surface area contributed by atoms with Gasteiger partial charge >= 0.3 is 0 Å². The molecule has 0 aliphatic carbocycles. The molecule has 3 nitrogen and oxygen atoms in total. The molecule has 0 fully saturated rings. The van der Waals surface area contributed by atoms with Crippen LogP contribution in [0.2, 0.25) is 10.0 Å². The Morgan fingerprint density at radius 3 is 2.62 bits per heavy atom. The van der Waals surface area contributed by atoms with Crippen LogP contribution in [0.5, 0.6) is 0 Å². The molecule has 0 saturated carbocycles. The fourth-order valence-corrected chi connectivity index (χ4v) is 1.60. The fraction of sp³-hybridized carbons (Fsp3) is 0.273. The highest BCUT2D eigenvalue weighted by atomic mass is 35.5. The van der Waals surface area contributed by atoms with Gasteiger partial charge in [0.25, 0.3) is 0 Å². The highest BCUT2D eigenvalue weighted by molar-refractivity contribution is 6.36. The molecule has 86 valence electrons. The van der Waals surface area contributed by atoms with Crippen molar-refractivity contribution < 1.29 is 4.79 Å². The number of hydrogen-bond donors (Lipinski definition) is 1. The molecule has 5 heteroatoms. The van der Waals surface area contributed by atoms with Gasteiger partial charge < -0.3 is 5.32 Å². The maximum atomic E-state index is 10.6. The van der Waals surface area contributed by atoms with E-state index in [1.54, 1.807) is 12.4 Å². The highest BCUT2D eigenvalue weighted by Gasteiger charge is 2.01. The van der Waals surface area contributed by atoms with Crippen LogP contribution < -0.4 is 5.32 Å². The van der Waals surface area contributed by atoms with Crippen molar-refractivity contribution in [3.8, 4) is 0 Å². The standard InChI is InChI=1S/C11H12Cl2N2O/c1-8(16)15-5-3-2-4-9-10(12)6-14-7-11(9)13/h2,4,6-7H,3,5H2,1H3,(H,15,16). The van der Waals surface area contributed by atoms with Gasteiger partial charge in [-0.3, -0.25) is 9.78 Å². The van der Waals surface area contributed by atoms with Crippen LogP contribution in [0.3, 0.4) is 0 Å². The Bertz CT molecular complexity index is 385. The number of aromatic nitrogens is 1. The van der Waals surface area contributed by atoms with Gasteiger partial charge in [0.1, 0.15) is 0 Å². The third-order valence-corrected chi connectivity index (χ3v) is 2.46. The number of nitrogens with one attached hydrogen (secondary N) is 1. The maximum Gasteiger partial charge on any atom is 0.216 e. The first-order valence-electron chi connectivity index (χ1n) is 4.81. The largest absolute Gasteiger partial charge is 0.356 e. The van der Waals surface area contributed by atoms with E-state index in [4.69, 9.17) is 23.2 Å². The van der Waals surface area contributed by atoms with Crippen molar-refractivity contribution in [2.75, 3.05) is 6.54 Å². The minimum atomic E-state index is -0.0339. The van der Waals surface area contributed by atoms with Gasteiger partial charge in [-0.2, -0.15) is 0 Å². The first-order chi connectivity index (χ1) is 7.61. The third kappa shape index (κ3) is 4.21. The normalized spacial score (nSPS) is 10.7. The Morgan fingerprint density at radius 2 is 2.06 bits per heavy atom. The van der Waals surface area contributed by atoms with Gasteiger partial charge in [0.05, 0.1) is 10.0 Å². The molecule has 0 saturated heterocycles. The van der Waals surface area contributed by atoms with Crippen LogP contribution in [0.25, 0.3) is 6.08 Å². The van der Waals surface area contributed by atoms with Crippen molar-refractivity contribution in [3.63, 3.8) is 0 Å². The van der Waals surface area contributed by atoms with E-state index in [0.29, 0.717) is 16.6 Å². The van der Waals surface area contributed by atoms with Gasteiger partial charge in [0.15, 0.2) is 0 Å². The SMILES string of the molecule is CC(=O)NCCC=Cc1c(Cl)cncc1Cl. The summed E-state index contributed by atoms with van der Waals surface area (Å²) in [6.07, 6.45) is 7.55. The number of pyridine rings is 1. The van der Waals surface area contributed by atoms with Crippen LogP contribution in [0.1, 0.15) is 18.9 Å². The predicted octanol–water partition coefficient (Wildman–Crippen LogP) is 2.93. The van der Waals surface area contributed by atoms with Crippen molar-refractivity contribution in [2.45, 2.75) is 13.3 Å². The Labute approximate surface area is 104 Å². The minimum Gasteiger partial charge on any atom is -0.356 e. The van der Waals surface area contributed by atoms with E-state index in [-0.39, 0.29) is 5.91 Å². The fourth-order valence-electron chi connectivity index (χ4n) is 1.11. The molecule has 0 unspecified atom stereocenters. The smallest absolute Gasteiger partial charge is 0.216 e. The van der Waals surface area contributed by atoms with Crippen LogP contribution in [0, 0.1) is 0 Å². The molecule has 0 bridgehead atoms. The predicted molar refractivity (Wildman–Crippen MR) is 66.6 cm³/mol. The molecular formula is C11H12Cl2N2O. The van der Waals surface area contributed by atoms with E-state index in [1.807, 2.05) is 12.2 Å². The van der Waals surface area contributed by atoms with Gasteiger partial charge in [0.2, 0.25) is 5.91 Å². The number of hydrogen-bond acceptors (Lipinski definition) is 2. The molecule has 0 spiro atoms. The van der Waals surface area contributed by atoms with Crippen molar-refractivity contribution in [2.24, 2.45) is 0 Å². The molecule has 1 heterocycles. The van der Waals surface area contributed by atoms with Crippen LogP contribution in [-0.2, 0) is 4.79 Å². The van der Waals surface area contributed by atoms with E-state index in [1.165, 1.54) is 6.92 Å². The molecule has 16 heavy (non-hydrogen) atoms. The summed E-state index contributed by atoms with van der Waals surface area (Å²) < 4.78 is 0. The average Bonchev–Trinajstić information content (AvgIpc) is 2.21. The molecule has 1 N–H and O–H groups in total. The number of amides is 1. The maximum absolute atomic E-state index is 10.6. The molecule has 0 aromatic carbocycles. The zero-order valence-corrected chi connectivity index (χ0v) is 10.3. The lowest BCUT2D eigenvalue weighted by Crippen LogP contribution is -2.20. The molecule has 0 radical (unpaired) electrons. The number of carbonyl (C=O) groups is 1. The summed E-state index contributed by atoms with van der Waals surface area (Å²) in [5.74, 6) is -0.0339. The first kappa shape index (κ1) is 13.0. The van der Waals surface area contributed by atoms with E-state index in [9.17, 15) is 4.79 Å². The zero-order chi connectivity index (χ0) is 12.0. The lowest BCUT2D eigenvalue weighted by molar-refractivity contribution is -0.118. The minimum absolute atomic E-state index is 0.0339. The lowest BCUT2D eigenvalue weighted by atomic mass is 10.2. The second-order valence-corrected chi connectivity index (χ2v) is 4.01. The van der Waals surface area contributed by atoms with Crippen molar-refractivity contribution >= 4 is 35.2 Å². The van der Waals surface area contributed by atoms with E-state index in [2.05, 4.69) is 10.3 Å². The van der Waals surface area contributed by atoms with Crippen LogP contribution in [-0.4, -0.2) is 17.4 Å². The Morgan fingerprint density at radius 1 is 1.44 bits per heavy atom. The first-order valence-corrected chi connectivity index (χ1v) is 5.57. The van der Waals surface area contributed by atoms with Crippen LogP contribution in [0.4, 0.5) is 0 Å². The average molecular weight is 259 g/mol. The third-order valence-electron chi connectivity index (χ3n) is 1.86. The second-order valence-electron chi connectivity index (χ2n) is 3.19. The molecular weight excluding hydrogens is 247 g/mol. The van der Waals surface area contributed by atoms with Gasteiger partial charge in [-0.1, -0.05) is 35.4 Å². The zero-order valence-electron chi connectivity index (χ0n) is 8.84. The Kier molecular flexibility index (Phi) is 5.29. The molecule has 0 atom stereocenters. The van der Waals surface area contributed by atoms with Gasteiger partial charge in [-0.05, 0) is 6.42 Å². The van der Waals surface area contributed by atoms with Gasteiger partial charge in [0, 0.05) is 31.4 Å². The summed E-state index contributed by atoms with van der Waals surface area (Å²) in [6, 6.07) is 0. The van der Waals surface area contributed by atoms with Crippen LogP contribution >= 0.6 is 23.2 Å². The molecule has 1 rings (SSSR count). The molecule has 1 aromatic rings. The highest BCUT2D eigenvalue weighted by Crippen LogP contribution is 2.24. The monoisotopic (exact) mass is 258 g/mol. The van der Waals surface area contributed by atoms with Crippen molar-refractivity contribution in [1.29, 1.82) is 0 Å². The van der Waals surface area contributed by atoms with E-state index >= 15 is 0 Å². The van der Waals surface area contributed by atoms with E-state index < -0.39 is 0 Å². The number of carbonyl (C=O) groups excluding carboxylic acids is 1. The van der Waals surface area contributed by atoms with Crippen molar-refractivity contribution in [3.05, 3.63) is 34.1 Å². The molecule has 1 aromatic heterocycles. The van der Waals surface area contributed by atoms with Gasteiger partial charge in [-0.25, -0.2) is 0 Å². The number of rotatable bonds is 4. The summed E-state index contributed by atoms with van der Waals surface area (Å²) in [7, 11) is 0. The van der Waals surface area contributed by atoms with Gasteiger partial charge in [-0.15, -0.1) is 0 Å². The number of halogens is 2. The Balaban J connectivity index is 2.53. The number of nitrogens with zero attached hydrogens (tertiary/aromatic N) is 1. The second kappa shape index (κ2) is 6.51.